The number of thiocarbonyl (C=S) groups is 1. The Morgan fingerprint density at radius 2 is 1.82 bits per heavy atom. The van der Waals surface area contributed by atoms with Crippen LogP contribution >= 0.6 is 28.1 Å². The van der Waals surface area contributed by atoms with Crippen LogP contribution in [-0.4, -0.2) is 32.0 Å². The molecule has 4 aromatic rings. The lowest BCUT2D eigenvalue weighted by Crippen LogP contribution is -2.33. The van der Waals surface area contributed by atoms with E-state index in [2.05, 4.69) is 85.2 Å². The lowest BCUT2D eigenvalue weighted by Gasteiger charge is -2.28. The molecule has 0 radical (unpaired) electrons. The zero-order valence-corrected chi connectivity index (χ0v) is 24.9. The molecule has 200 valence electrons. The molecule has 2 aromatic heterocycles. The van der Waals surface area contributed by atoms with E-state index in [4.69, 9.17) is 12.2 Å². The summed E-state index contributed by atoms with van der Waals surface area (Å²) in [5.41, 5.74) is 8.45. The van der Waals surface area contributed by atoms with E-state index in [0.717, 1.165) is 49.6 Å². The number of carbonyl (C=O) groups is 1. The molecular weight excluding hydrogens is 570 g/mol. The van der Waals surface area contributed by atoms with Gasteiger partial charge >= 0.3 is 0 Å². The monoisotopic (exact) mass is 601 g/mol. The number of nitrogens with zero attached hydrogens (tertiary/aromatic N) is 3. The van der Waals surface area contributed by atoms with Gasteiger partial charge in [0.2, 0.25) is 5.91 Å². The van der Waals surface area contributed by atoms with Gasteiger partial charge in [0.25, 0.3) is 0 Å². The molecule has 2 unspecified atom stereocenters. The lowest BCUT2D eigenvalue weighted by atomic mass is 9.96. The second-order valence-corrected chi connectivity index (χ2v) is 11.4. The highest BCUT2D eigenvalue weighted by molar-refractivity contribution is 9.10. The molecule has 1 amide bonds. The Hall–Kier alpha value is -3.49. The predicted octanol–water partition coefficient (Wildman–Crippen LogP) is 6.87. The summed E-state index contributed by atoms with van der Waals surface area (Å²) in [6, 6.07) is 22.3. The fraction of sp³-hybridized carbons (Fsp3) is 0.258. The van der Waals surface area contributed by atoms with Crippen molar-refractivity contribution in [3.8, 4) is 5.69 Å². The van der Waals surface area contributed by atoms with Gasteiger partial charge in [0, 0.05) is 46.4 Å². The van der Waals surface area contributed by atoms with E-state index >= 15 is 0 Å². The van der Waals surface area contributed by atoms with E-state index in [-0.39, 0.29) is 18.0 Å². The van der Waals surface area contributed by atoms with Crippen molar-refractivity contribution in [3.05, 3.63) is 111 Å². The van der Waals surface area contributed by atoms with Crippen molar-refractivity contribution in [1.29, 1.82) is 0 Å². The molecule has 2 N–H and O–H groups in total. The van der Waals surface area contributed by atoms with Crippen LogP contribution in [0.1, 0.15) is 52.3 Å². The highest BCUT2D eigenvalue weighted by atomic mass is 79.9. The Kier molecular flexibility index (Phi) is 7.86. The number of nitrogens with one attached hydrogen (secondary N) is 2. The maximum absolute atomic E-state index is 13.0. The van der Waals surface area contributed by atoms with Gasteiger partial charge in [-0.05, 0) is 105 Å². The quantitative estimate of drug-likeness (QED) is 0.226. The van der Waals surface area contributed by atoms with Gasteiger partial charge in [0.1, 0.15) is 0 Å². The number of pyridine rings is 1. The molecule has 1 fully saturated rings. The van der Waals surface area contributed by atoms with Crippen LogP contribution < -0.4 is 10.6 Å². The molecule has 0 spiro atoms. The van der Waals surface area contributed by atoms with Crippen LogP contribution in [0.15, 0.2) is 77.4 Å². The van der Waals surface area contributed by atoms with Crippen LogP contribution in [0.25, 0.3) is 5.69 Å². The summed E-state index contributed by atoms with van der Waals surface area (Å²) in [5.74, 6) is -0.0353. The third kappa shape index (κ3) is 5.63. The number of hydrogen-bond acceptors (Lipinski definition) is 3. The molecule has 1 aliphatic rings. The first kappa shape index (κ1) is 27.1. The molecular formula is C31H32BrN5OS. The summed E-state index contributed by atoms with van der Waals surface area (Å²) in [7, 11) is 0. The Bertz CT molecular complexity index is 1520. The van der Waals surface area contributed by atoms with Gasteiger partial charge in [-0.15, -0.1) is 0 Å². The fourth-order valence-corrected chi connectivity index (χ4v) is 5.96. The van der Waals surface area contributed by atoms with Crippen molar-refractivity contribution in [3.63, 3.8) is 0 Å². The minimum absolute atomic E-state index is 0.0353. The standard InChI is InChI=1S/C31H32BrN5OS/c1-19-8-9-20(2)27(17-19)34-28(38)14-16-36-30(29(35-31(36)39)26-7-5-6-15-33-26)25-18-21(3)37(22(25)4)24-12-10-23(32)11-13-24/h5-13,15,17-18,29-30H,14,16H2,1-4H3,(H,34,38)(H,35,39). The number of anilines is 1. The van der Waals surface area contributed by atoms with E-state index in [0.29, 0.717) is 18.1 Å². The van der Waals surface area contributed by atoms with Crippen LogP contribution in [0.2, 0.25) is 0 Å². The third-order valence-corrected chi connectivity index (χ3v) is 8.20. The van der Waals surface area contributed by atoms with Crippen molar-refractivity contribution in [2.24, 2.45) is 0 Å². The normalized spacial score (nSPS) is 16.8. The summed E-state index contributed by atoms with van der Waals surface area (Å²) in [6.07, 6.45) is 2.12. The minimum atomic E-state index is -0.139. The molecule has 8 heteroatoms. The molecule has 0 bridgehead atoms. The number of carbonyl (C=O) groups excluding carboxylic acids is 1. The maximum Gasteiger partial charge on any atom is 0.226 e. The van der Waals surface area contributed by atoms with E-state index < -0.39 is 0 Å². The molecule has 3 heterocycles. The summed E-state index contributed by atoms with van der Waals surface area (Å²) >= 11 is 9.39. The van der Waals surface area contributed by atoms with Crippen LogP contribution in [-0.2, 0) is 4.79 Å². The first-order valence-corrected chi connectivity index (χ1v) is 14.2. The summed E-state index contributed by atoms with van der Waals surface area (Å²) < 4.78 is 3.31. The Morgan fingerprint density at radius 3 is 2.54 bits per heavy atom. The van der Waals surface area contributed by atoms with E-state index in [9.17, 15) is 4.79 Å². The van der Waals surface area contributed by atoms with Crippen LogP contribution in [0.3, 0.4) is 0 Å². The number of aromatic nitrogens is 2. The van der Waals surface area contributed by atoms with E-state index in [1.807, 2.05) is 56.4 Å². The van der Waals surface area contributed by atoms with Crippen LogP contribution in [0.5, 0.6) is 0 Å². The van der Waals surface area contributed by atoms with Gasteiger partial charge < -0.3 is 20.1 Å². The van der Waals surface area contributed by atoms with Gasteiger partial charge in [0.15, 0.2) is 5.11 Å². The zero-order chi connectivity index (χ0) is 27.7. The smallest absolute Gasteiger partial charge is 0.226 e. The van der Waals surface area contributed by atoms with Crippen molar-refractivity contribution in [2.45, 2.75) is 46.2 Å². The number of halogens is 1. The highest BCUT2D eigenvalue weighted by Crippen LogP contribution is 2.41. The van der Waals surface area contributed by atoms with Gasteiger partial charge in [-0.2, -0.15) is 0 Å². The first-order valence-electron chi connectivity index (χ1n) is 13.0. The minimum Gasteiger partial charge on any atom is -0.352 e. The lowest BCUT2D eigenvalue weighted by molar-refractivity contribution is -0.116. The fourth-order valence-electron chi connectivity index (χ4n) is 5.36. The molecule has 1 saturated heterocycles. The topological polar surface area (TPSA) is 62.2 Å². The summed E-state index contributed by atoms with van der Waals surface area (Å²) in [4.78, 5) is 19.9. The molecule has 1 aliphatic heterocycles. The second kappa shape index (κ2) is 11.3. The first-order chi connectivity index (χ1) is 18.7. The van der Waals surface area contributed by atoms with Crippen molar-refractivity contribution in [1.82, 2.24) is 19.8 Å². The Balaban J connectivity index is 1.46. The maximum atomic E-state index is 13.0. The number of benzene rings is 2. The van der Waals surface area contributed by atoms with Crippen LogP contribution in [0, 0.1) is 27.7 Å². The van der Waals surface area contributed by atoms with Gasteiger partial charge in [-0.1, -0.05) is 34.1 Å². The summed E-state index contributed by atoms with van der Waals surface area (Å²) in [6.45, 7) is 8.78. The molecule has 6 nitrogen and oxygen atoms in total. The summed E-state index contributed by atoms with van der Waals surface area (Å²) in [5, 5.41) is 7.23. The Labute approximate surface area is 243 Å². The number of hydrogen-bond donors (Lipinski definition) is 2. The van der Waals surface area contributed by atoms with Gasteiger partial charge in [0.05, 0.1) is 17.8 Å². The molecule has 2 aromatic carbocycles. The zero-order valence-electron chi connectivity index (χ0n) is 22.5. The average molecular weight is 603 g/mol. The molecule has 0 aliphatic carbocycles. The largest absolute Gasteiger partial charge is 0.352 e. The second-order valence-electron chi connectivity index (χ2n) is 10.1. The Morgan fingerprint density at radius 1 is 1.05 bits per heavy atom. The van der Waals surface area contributed by atoms with Crippen molar-refractivity contribution < 1.29 is 4.79 Å². The molecule has 39 heavy (non-hydrogen) atoms. The predicted molar refractivity (Wildman–Crippen MR) is 164 cm³/mol. The van der Waals surface area contributed by atoms with Crippen LogP contribution in [0.4, 0.5) is 5.69 Å². The van der Waals surface area contributed by atoms with Gasteiger partial charge in [-0.25, -0.2) is 0 Å². The van der Waals surface area contributed by atoms with Gasteiger partial charge in [-0.3, -0.25) is 9.78 Å². The molecule has 0 saturated carbocycles. The number of amides is 1. The van der Waals surface area contributed by atoms with E-state index in [1.54, 1.807) is 0 Å². The van der Waals surface area contributed by atoms with E-state index in [1.165, 1.54) is 0 Å². The third-order valence-electron chi connectivity index (χ3n) is 7.32. The highest BCUT2D eigenvalue weighted by Gasteiger charge is 2.41. The number of aryl methyl sites for hydroxylation is 3. The number of rotatable bonds is 7. The molecule has 5 rings (SSSR count). The average Bonchev–Trinajstić information content (AvgIpc) is 3.40. The SMILES string of the molecule is Cc1ccc(C)c(NC(=O)CCN2C(=S)NC(c3ccccn3)C2c2cc(C)n(-c3ccc(Br)cc3)c2C)c1. The van der Waals surface area contributed by atoms with Crippen molar-refractivity contribution in [2.75, 3.05) is 11.9 Å². The molecule has 2 atom stereocenters. The van der Waals surface area contributed by atoms with Crippen molar-refractivity contribution >= 4 is 44.9 Å².